The van der Waals surface area contributed by atoms with E-state index < -0.39 is 5.41 Å². The summed E-state index contributed by atoms with van der Waals surface area (Å²) in [5.74, 6) is -0.166. The van der Waals surface area contributed by atoms with Crippen molar-refractivity contribution in [3.63, 3.8) is 0 Å². The Bertz CT molecular complexity index is 767. The molecule has 0 unspecified atom stereocenters. The van der Waals surface area contributed by atoms with Gasteiger partial charge >= 0.3 is 0 Å². The van der Waals surface area contributed by atoms with Crippen LogP contribution in [-0.4, -0.2) is 29.3 Å². The summed E-state index contributed by atoms with van der Waals surface area (Å²) < 4.78 is 0. The molecule has 0 bridgehead atoms. The van der Waals surface area contributed by atoms with Gasteiger partial charge in [-0.05, 0) is 44.2 Å². The van der Waals surface area contributed by atoms with E-state index in [1.807, 2.05) is 79.4 Å². The van der Waals surface area contributed by atoms with Gasteiger partial charge in [0.2, 0.25) is 11.8 Å². The van der Waals surface area contributed by atoms with Crippen molar-refractivity contribution in [1.29, 1.82) is 0 Å². The molecule has 27 heavy (non-hydrogen) atoms. The minimum absolute atomic E-state index is 0.0430. The molecule has 1 N–H and O–H groups in total. The van der Waals surface area contributed by atoms with Gasteiger partial charge in [-0.3, -0.25) is 9.59 Å². The fourth-order valence-corrected chi connectivity index (χ4v) is 3.34. The minimum Gasteiger partial charge on any atom is -0.355 e. The van der Waals surface area contributed by atoms with Gasteiger partial charge in [-0.2, -0.15) is 0 Å². The van der Waals surface area contributed by atoms with Crippen LogP contribution < -0.4 is 5.32 Å². The van der Waals surface area contributed by atoms with E-state index in [1.165, 1.54) is 5.56 Å². The Balaban J connectivity index is 1.61. The third-order valence-corrected chi connectivity index (χ3v) is 5.22. The number of rotatable bonds is 8. The quantitative estimate of drug-likeness (QED) is 0.728. The summed E-state index contributed by atoms with van der Waals surface area (Å²) >= 11 is 0. The van der Waals surface area contributed by atoms with E-state index in [4.69, 9.17) is 0 Å². The number of nitrogens with zero attached hydrogens (tertiary/aromatic N) is 1. The van der Waals surface area contributed by atoms with E-state index in [0.717, 1.165) is 12.0 Å². The van der Waals surface area contributed by atoms with Crippen LogP contribution in [0.25, 0.3) is 0 Å². The Morgan fingerprint density at radius 3 is 2.04 bits per heavy atom. The molecule has 0 heterocycles. The Hall–Kier alpha value is -2.62. The average molecular weight is 364 g/mol. The van der Waals surface area contributed by atoms with E-state index in [9.17, 15) is 9.59 Å². The normalized spacial score (nSPS) is 14.6. The fraction of sp³-hybridized carbons (Fsp3) is 0.391. The standard InChI is InChI=1S/C23H28N2O2/c1-18(2)25(17-20-11-7-4-8-12-20)22(27)23(14-15-23)21(26)24-16-13-19-9-5-3-6-10-19/h3-12,18H,13-17H2,1-2H3,(H,24,26). The van der Waals surface area contributed by atoms with Crippen LogP contribution in [0, 0.1) is 5.41 Å². The highest BCUT2D eigenvalue weighted by atomic mass is 16.2. The summed E-state index contributed by atoms with van der Waals surface area (Å²) in [6, 6.07) is 20.1. The molecule has 1 saturated carbocycles. The molecule has 0 aromatic heterocycles. The van der Waals surface area contributed by atoms with Crippen molar-refractivity contribution >= 4 is 11.8 Å². The Morgan fingerprint density at radius 2 is 1.52 bits per heavy atom. The molecule has 4 nitrogen and oxygen atoms in total. The molecule has 0 spiro atoms. The molecule has 2 aromatic rings. The second kappa shape index (κ2) is 8.38. The van der Waals surface area contributed by atoms with Crippen molar-refractivity contribution in [2.75, 3.05) is 6.54 Å². The fourth-order valence-electron chi connectivity index (χ4n) is 3.34. The molecule has 1 aliphatic rings. The molecule has 2 amide bonds. The van der Waals surface area contributed by atoms with Crippen molar-refractivity contribution in [3.8, 4) is 0 Å². The predicted octanol–water partition coefficient (Wildman–Crippen LogP) is 3.56. The molecule has 2 aromatic carbocycles. The SMILES string of the molecule is CC(C)N(Cc1ccccc1)C(=O)C1(C(=O)NCCc2ccccc2)CC1. The van der Waals surface area contributed by atoms with E-state index in [-0.39, 0.29) is 17.9 Å². The molecule has 0 atom stereocenters. The zero-order valence-electron chi connectivity index (χ0n) is 16.2. The van der Waals surface area contributed by atoms with Crippen LogP contribution in [-0.2, 0) is 22.6 Å². The topological polar surface area (TPSA) is 49.4 Å². The average Bonchev–Trinajstić information content (AvgIpc) is 3.49. The zero-order valence-corrected chi connectivity index (χ0v) is 16.2. The van der Waals surface area contributed by atoms with Crippen LogP contribution >= 0.6 is 0 Å². The number of hydrogen-bond acceptors (Lipinski definition) is 2. The van der Waals surface area contributed by atoms with Crippen molar-refractivity contribution in [2.45, 2.75) is 45.7 Å². The van der Waals surface area contributed by atoms with Gasteiger partial charge < -0.3 is 10.2 Å². The number of hydrogen-bond donors (Lipinski definition) is 1. The molecule has 1 aliphatic carbocycles. The predicted molar refractivity (Wildman–Crippen MR) is 107 cm³/mol. The lowest BCUT2D eigenvalue weighted by molar-refractivity contribution is -0.146. The number of benzene rings is 2. The van der Waals surface area contributed by atoms with Crippen LogP contribution in [0.4, 0.5) is 0 Å². The van der Waals surface area contributed by atoms with E-state index in [0.29, 0.717) is 25.9 Å². The van der Waals surface area contributed by atoms with Gasteiger partial charge in [-0.15, -0.1) is 0 Å². The van der Waals surface area contributed by atoms with Gasteiger partial charge in [0.25, 0.3) is 0 Å². The minimum atomic E-state index is -0.865. The van der Waals surface area contributed by atoms with Gasteiger partial charge in [0.15, 0.2) is 0 Å². The Kier molecular flexibility index (Phi) is 5.94. The summed E-state index contributed by atoms with van der Waals surface area (Å²) in [4.78, 5) is 27.8. The molecule has 0 saturated heterocycles. The Morgan fingerprint density at radius 1 is 0.963 bits per heavy atom. The highest BCUT2D eigenvalue weighted by molar-refractivity contribution is 6.07. The third-order valence-electron chi connectivity index (χ3n) is 5.22. The Labute approximate surface area is 161 Å². The maximum Gasteiger partial charge on any atom is 0.238 e. The van der Waals surface area contributed by atoms with Crippen molar-refractivity contribution in [2.24, 2.45) is 5.41 Å². The van der Waals surface area contributed by atoms with Crippen LogP contribution in [0.5, 0.6) is 0 Å². The highest BCUT2D eigenvalue weighted by Crippen LogP contribution is 2.48. The van der Waals surface area contributed by atoms with Crippen molar-refractivity contribution < 1.29 is 9.59 Å². The number of amides is 2. The third kappa shape index (κ3) is 4.57. The van der Waals surface area contributed by atoms with Crippen LogP contribution in [0.2, 0.25) is 0 Å². The molecule has 0 aliphatic heterocycles. The lowest BCUT2D eigenvalue weighted by atomic mass is 10.0. The molecule has 3 rings (SSSR count). The summed E-state index contributed by atoms with van der Waals surface area (Å²) in [7, 11) is 0. The van der Waals surface area contributed by atoms with Gasteiger partial charge in [0, 0.05) is 19.1 Å². The van der Waals surface area contributed by atoms with Crippen molar-refractivity contribution in [3.05, 3.63) is 71.8 Å². The first-order valence-electron chi connectivity index (χ1n) is 9.70. The van der Waals surface area contributed by atoms with E-state index >= 15 is 0 Å². The molecule has 142 valence electrons. The lowest BCUT2D eigenvalue weighted by Crippen LogP contribution is -2.47. The second-order valence-electron chi connectivity index (χ2n) is 7.59. The molecular weight excluding hydrogens is 336 g/mol. The second-order valence-corrected chi connectivity index (χ2v) is 7.59. The zero-order chi connectivity index (χ0) is 19.3. The monoisotopic (exact) mass is 364 g/mol. The lowest BCUT2D eigenvalue weighted by Gasteiger charge is -2.30. The summed E-state index contributed by atoms with van der Waals surface area (Å²) in [5, 5.41) is 2.99. The first-order valence-corrected chi connectivity index (χ1v) is 9.70. The number of carbonyl (C=O) groups excluding carboxylic acids is 2. The maximum absolute atomic E-state index is 13.2. The van der Waals surface area contributed by atoms with Gasteiger partial charge in [-0.25, -0.2) is 0 Å². The summed E-state index contributed by atoms with van der Waals surface area (Å²) in [6.07, 6.45) is 2.05. The van der Waals surface area contributed by atoms with Gasteiger partial charge in [-0.1, -0.05) is 60.7 Å². The van der Waals surface area contributed by atoms with Crippen LogP contribution in [0.1, 0.15) is 37.8 Å². The van der Waals surface area contributed by atoms with Gasteiger partial charge in [0.1, 0.15) is 5.41 Å². The van der Waals surface area contributed by atoms with Crippen LogP contribution in [0.3, 0.4) is 0 Å². The van der Waals surface area contributed by atoms with E-state index in [2.05, 4.69) is 5.32 Å². The maximum atomic E-state index is 13.2. The van der Waals surface area contributed by atoms with Crippen molar-refractivity contribution in [1.82, 2.24) is 10.2 Å². The molecular formula is C23H28N2O2. The summed E-state index contributed by atoms with van der Waals surface area (Å²) in [5.41, 5.74) is 1.40. The summed E-state index contributed by atoms with van der Waals surface area (Å²) in [6.45, 7) is 5.10. The highest BCUT2D eigenvalue weighted by Gasteiger charge is 2.58. The first-order chi connectivity index (χ1) is 13.0. The van der Waals surface area contributed by atoms with Crippen LogP contribution in [0.15, 0.2) is 60.7 Å². The molecule has 4 heteroatoms. The smallest absolute Gasteiger partial charge is 0.238 e. The number of carbonyl (C=O) groups is 2. The molecule has 1 fully saturated rings. The largest absolute Gasteiger partial charge is 0.355 e. The molecule has 0 radical (unpaired) electrons. The first kappa shape index (κ1) is 19.2. The number of nitrogens with one attached hydrogen (secondary N) is 1. The van der Waals surface area contributed by atoms with E-state index in [1.54, 1.807) is 0 Å². The van der Waals surface area contributed by atoms with Gasteiger partial charge in [0.05, 0.1) is 0 Å².